The second-order valence-corrected chi connectivity index (χ2v) is 5.05. The van der Waals surface area contributed by atoms with E-state index in [9.17, 15) is 4.79 Å². The summed E-state index contributed by atoms with van der Waals surface area (Å²) in [5.41, 5.74) is 0.435. The number of furan rings is 1. The lowest BCUT2D eigenvalue weighted by Gasteiger charge is -2.28. The van der Waals surface area contributed by atoms with Crippen LogP contribution in [0.5, 0.6) is 0 Å². The summed E-state index contributed by atoms with van der Waals surface area (Å²) in [6, 6.07) is 1.89. The van der Waals surface area contributed by atoms with Gasteiger partial charge in [0.1, 0.15) is 0 Å². The van der Waals surface area contributed by atoms with E-state index in [0.717, 1.165) is 18.8 Å². The van der Waals surface area contributed by atoms with E-state index in [2.05, 4.69) is 12.2 Å². The maximum absolute atomic E-state index is 11.9. The first-order valence-electron chi connectivity index (χ1n) is 6.24. The molecule has 4 heteroatoms. The average Bonchev–Trinajstić information content (AvgIpc) is 2.76. The summed E-state index contributed by atoms with van der Waals surface area (Å²) in [6.45, 7) is 2.23. The number of carbonyl (C=O) groups excluding carboxylic acids is 1. The van der Waals surface area contributed by atoms with Crippen molar-refractivity contribution in [3.8, 4) is 0 Å². The van der Waals surface area contributed by atoms with E-state index < -0.39 is 0 Å². The molecule has 1 aromatic heterocycles. The Morgan fingerprint density at radius 2 is 2.18 bits per heavy atom. The van der Waals surface area contributed by atoms with Gasteiger partial charge < -0.3 is 9.73 Å². The summed E-state index contributed by atoms with van der Waals surface area (Å²) in [5, 5.41) is 3.19. The Balaban J connectivity index is 1.86. The third-order valence-corrected chi connectivity index (χ3v) is 3.91. The second-order valence-electron chi connectivity index (χ2n) is 4.71. The fourth-order valence-corrected chi connectivity index (χ4v) is 2.63. The molecule has 0 saturated heterocycles. The lowest BCUT2D eigenvalue weighted by Crippen LogP contribution is -2.37. The number of carbonyl (C=O) groups is 1. The maximum atomic E-state index is 11.9. The van der Waals surface area contributed by atoms with Gasteiger partial charge in [-0.3, -0.25) is 4.79 Å². The molecule has 0 unspecified atom stereocenters. The highest BCUT2D eigenvalue weighted by molar-refractivity contribution is 6.32. The normalized spacial score (nSPS) is 24.6. The van der Waals surface area contributed by atoms with Gasteiger partial charge in [-0.1, -0.05) is 13.3 Å². The number of amides is 1. The molecule has 1 aliphatic carbocycles. The topological polar surface area (TPSA) is 42.2 Å². The molecule has 1 fully saturated rings. The van der Waals surface area contributed by atoms with Gasteiger partial charge in [-0.25, -0.2) is 0 Å². The molecule has 3 nitrogen and oxygen atoms in total. The summed E-state index contributed by atoms with van der Waals surface area (Å²) >= 11 is 5.77. The fourth-order valence-electron chi connectivity index (χ4n) is 2.43. The van der Waals surface area contributed by atoms with E-state index in [1.54, 1.807) is 6.07 Å². The third-order valence-electron chi connectivity index (χ3n) is 3.62. The van der Waals surface area contributed by atoms with Crippen molar-refractivity contribution in [1.82, 2.24) is 5.32 Å². The zero-order valence-corrected chi connectivity index (χ0v) is 10.8. The first kappa shape index (κ1) is 12.5. The molecule has 1 heterocycles. The van der Waals surface area contributed by atoms with Crippen LogP contribution >= 0.6 is 11.6 Å². The first-order chi connectivity index (χ1) is 8.20. The Labute approximate surface area is 107 Å². The van der Waals surface area contributed by atoms with Gasteiger partial charge in [0.05, 0.1) is 11.8 Å². The molecule has 2 rings (SSSR count). The van der Waals surface area contributed by atoms with Crippen molar-refractivity contribution in [3.05, 3.63) is 23.1 Å². The lowest BCUT2D eigenvalue weighted by atomic mass is 9.84. The SMILES string of the molecule is CCC1CCC(NC(=O)c2ccoc2Cl)CC1. The minimum Gasteiger partial charge on any atom is -0.452 e. The van der Waals surface area contributed by atoms with Crippen molar-refractivity contribution in [2.75, 3.05) is 0 Å². The van der Waals surface area contributed by atoms with E-state index in [1.807, 2.05) is 0 Å². The van der Waals surface area contributed by atoms with Gasteiger partial charge in [0.2, 0.25) is 5.22 Å². The highest BCUT2D eigenvalue weighted by Gasteiger charge is 2.23. The minimum absolute atomic E-state index is 0.122. The van der Waals surface area contributed by atoms with Gasteiger partial charge in [-0.15, -0.1) is 0 Å². The van der Waals surface area contributed by atoms with E-state index in [4.69, 9.17) is 16.0 Å². The van der Waals surface area contributed by atoms with Crippen LogP contribution < -0.4 is 5.32 Å². The van der Waals surface area contributed by atoms with Crippen molar-refractivity contribution < 1.29 is 9.21 Å². The van der Waals surface area contributed by atoms with Crippen LogP contribution in [0.1, 0.15) is 49.4 Å². The van der Waals surface area contributed by atoms with Crippen LogP contribution in [0.15, 0.2) is 16.7 Å². The first-order valence-corrected chi connectivity index (χ1v) is 6.62. The Morgan fingerprint density at radius 1 is 1.47 bits per heavy atom. The molecule has 1 aliphatic rings. The summed E-state index contributed by atoms with van der Waals surface area (Å²) in [5.74, 6) is 0.712. The number of hydrogen-bond donors (Lipinski definition) is 1. The van der Waals surface area contributed by atoms with Gasteiger partial charge >= 0.3 is 0 Å². The Hall–Kier alpha value is -0.960. The Morgan fingerprint density at radius 3 is 2.71 bits per heavy atom. The van der Waals surface area contributed by atoms with E-state index in [-0.39, 0.29) is 17.2 Å². The smallest absolute Gasteiger partial charge is 0.256 e. The number of nitrogens with one attached hydrogen (secondary N) is 1. The molecule has 1 aromatic rings. The van der Waals surface area contributed by atoms with Crippen LogP contribution in [0, 0.1) is 5.92 Å². The monoisotopic (exact) mass is 255 g/mol. The van der Waals surface area contributed by atoms with Gasteiger partial charge in [0.15, 0.2) is 0 Å². The predicted molar refractivity (Wildman–Crippen MR) is 67.2 cm³/mol. The average molecular weight is 256 g/mol. The molecule has 0 aromatic carbocycles. The van der Waals surface area contributed by atoms with Gasteiger partial charge in [0, 0.05) is 6.04 Å². The molecule has 0 radical (unpaired) electrons. The lowest BCUT2D eigenvalue weighted by molar-refractivity contribution is 0.0921. The summed E-state index contributed by atoms with van der Waals surface area (Å²) in [6.07, 6.45) is 7.24. The number of rotatable bonds is 3. The molecule has 1 amide bonds. The van der Waals surface area contributed by atoms with Crippen molar-refractivity contribution in [3.63, 3.8) is 0 Å². The number of hydrogen-bond acceptors (Lipinski definition) is 2. The van der Waals surface area contributed by atoms with Crippen LogP contribution in [0.2, 0.25) is 5.22 Å². The maximum Gasteiger partial charge on any atom is 0.256 e. The van der Waals surface area contributed by atoms with Crippen LogP contribution in [-0.2, 0) is 0 Å². The molecule has 17 heavy (non-hydrogen) atoms. The summed E-state index contributed by atoms with van der Waals surface area (Å²) in [7, 11) is 0. The Bertz CT molecular complexity index is 381. The molecule has 0 bridgehead atoms. The predicted octanol–water partition coefficient (Wildman–Crippen LogP) is 3.63. The zero-order valence-electron chi connectivity index (χ0n) is 10.0. The second kappa shape index (κ2) is 5.58. The highest BCUT2D eigenvalue weighted by atomic mass is 35.5. The van der Waals surface area contributed by atoms with Crippen LogP contribution in [0.3, 0.4) is 0 Å². The van der Waals surface area contributed by atoms with Crippen molar-refractivity contribution in [2.24, 2.45) is 5.92 Å². The van der Waals surface area contributed by atoms with E-state index in [1.165, 1.54) is 25.5 Å². The van der Waals surface area contributed by atoms with Crippen molar-refractivity contribution in [1.29, 1.82) is 0 Å². The molecular formula is C13H18ClNO2. The quantitative estimate of drug-likeness (QED) is 0.896. The zero-order chi connectivity index (χ0) is 12.3. The van der Waals surface area contributed by atoms with E-state index in [0.29, 0.717) is 5.56 Å². The molecule has 0 spiro atoms. The molecule has 1 N–H and O–H groups in total. The van der Waals surface area contributed by atoms with Crippen molar-refractivity contribution in [2.45, 2.75) is 45.1 Å². The third kappa shape index (κ3) is 3.03. The van der Waals surface area contributed by atoms with Crippen LogP contribution in [-0.4, -0.2) is 11.9 Å². The van der Waals surface area contributed by atoms with E-state index >= 15 is 0 Å². The number of halogens is 1. The van der Waals surface area contributed by atoms with Gasteiger partial charge in [-0.2, -0.15) is 0 Å². The molecule has 1 saturated carbocycles. The van der Waals surface area contributed by atoms with Gasteiger partial charge in [0.25, 0.3) is 5.91 Å². The largest absolute Gasteiger partial charge is 0.452 e. The summed E-state index contributed by atoms with van der Waals surface area (Å²) in [4.78, 5) is 11.9. The van der Waals surface area contributed by atoms with Crippen LogP contribution in [0.4, 0.5) is 0 Å². The summed E-state index contributed by atoms with van der Waals surface area (Å²) < 4.78 is 4.91. The molecular weight excluding hydrogens is 238 g/mol. The van der Waals surface area contributed by atoms with Crippen LogP contribution in [0.25, 0.3) is 0 Å². The molecule has 0 aliphatic heterocycles. The van der Waals surface area contributed by atoms with Crippen molar-refractivity contribution >= 4 is 17.5 Å². The van der Waals surface area contributed by atoms with Gasteiger partial charge in [-0.05, 0) is 49.3 Å². The Kier molecular flexibility index (Phi) is 4.11. The standard InChI is InChI=1S/C13H18ClNO2/c1-2-9-3-5-10(6-4-9)15-13(16)11-7-8-17-12(11)14/h7-10H,2-6H2,1H3,(H,15,16). The minimum atomic E-state index is -0.122. The highest BCUT2D eigenvalue weighted by Crippen LogP contribution is 2.27. The molecule has 0 atom stereocenters. The fraction of sp³-hybridized carbons (Fsp3) is 0.615. The molecule has 94 valence electrons.